The molecule has 3 aromatic rings. The number of rotatable bonds is 6. The van der Waals surface area contributed by atoms with Crippen molar-refractivity contribution in [3.63, 3.8) is 0 Å². The van der Waals surface area contributed by atoms with Crippen LogP contribution in [0.25, 0.3) is 0 Å². The van der Waals surface area contributed by atoms with Gasteiger partial charge < -0.3 is 10.6 Å². The van der Waals surface area contributed by atoms with Crippen molar-refractivity contribution in [3.8, 4) is 0 Å². The van der Waals surface area contributed by atoms with Crippen molar-refractivity contribution in [3.05, 3.63) is 77.7 Å². The van der Waals surface area contributed by atoms with Crippen molar-refractivity contribution in [1.82, 2.24) is 9.97 Å². The van der Waals surface area contributed by atoms with Crippen LogP contribution in [0.15, 0.2) is 60.9 Å². The maximum atomic E-state index is 12.4. The maximum absolute atomic E-state index is 12.4. The van der Waals surface area contributed by atoms with Crippen molar-refractivity contribution >= 4 is 28.9 Å². The van der Waals surface area contributed by atoms with Gasteiger partial charge in [-0.1, -0.05) is 44.2 Å². The van der Waals surface area contributed by atoms with Crippen molar-refractivity contribution < 1.29 is 9.59 Å². The predicted molar refractivity (Wildman–Crippen MR) is 110 cm³/mol. The normalized spacial score (nSPS) is 10.6. The van der Waals surface area contributed by atoms with Gasteiger partial charge in [0.2, 0.25) is 0 Å². The van der Waals surface area contributed by atoms with Crippen LogP contribution >= 0.6 is 0 Å². The molecule has 0 radical (unpaired) electrons. The molecule has 6 heteroatoms. The Morgan fingerprint density at radius 2 is 1.75 bits per heavy atom. The summed E-state index contributed by atoms with van der Waals surface area (Å²) in [5.41, 5.74) is 3.40. The second-order valence-corrected chi connectivity index (χ2v) is 6.74. The lowest BCUT2D eigenvalue weighted by Gasteiger charge is -2.14. The Morgan fingerprint density at radius 1 is 0.964 bits per heavy atom. The van der Waals surface area contributed by atoms with Crippen LogP contribution in [0.1, 0.15) is 53.1 Å². The summed E-state index contributed by atoms with van der Waals surface area (Å²) in [6.45, 7) is 5.73. The minimum absolute atomic E-state index is 0.0620. The zero-order chi connectivity index (χ0) is 20.1. The average Bonchev–Trinajstić information content (AvgIpc) is 2.69. The lowest BCUT2D eigenvalue weighted by molar-refractivity contribution is 0.100. The Labute approximate surface area is 164 Å². The van der Waals surface area contributed by atoms with Crippen LogP contribution in [0.2, 0.25) is 0 Å². The summed E-state index contributed by atoms with van der Waals surface area (Å²) in [4.78, 5) is 32.3. The molecule has 6 nitrogen and oxygen atoms in total. The molecule has 142 valence electrons. The number of nitrogens with one attached hydrogen (secondary N) is 2. The van der Waals surface area contributed by atoms with Gasteiger partial charge in [0.25, 0.3) is 5.91 Å². The zero-order valence-electron chi connectivity index (χ0n) is 16.1. The minimum atomic E-state index is -0.387. The summed E-state index contributed by atoms with van der Waals surface area (Å²) < 4.78 is 0. The first-order valence-electron chi connectivity index (χ1n) is 9.04. The van der Waals surface area contributed by atoms with E-state index in [1.54, 1.807) is 24.3 Å². The molecule has 1 amide bonds. The standard InChI is InChI=1S/C22H22N4O2/c1-14(2)18-9-4-5-10-19(18)26-21-13-23-20(12-24-21)22(28)25-17-8-6-7-16(11-17)15(3)27/h4-14H,1-3H3,(H,24,26)(H,25,28). The van der Waals surface area contributed by atoms with Gasteiger partial charge in [-0.2, -0.15) is 0 Å². The van der Waals surface area contributed by atoms with Crippen LogP contribution in [-0.2, 0) is 0 Å². The number of carbonyl (C=O) groups excluding carboxylic acids is 2. The van der Waals surface area contributed by atoms with Gasteiger partial charge in [0.05, 0.1) is 12.4 Å². The third kappa shape index (κ3) is 4.59. The van der Waals surface area contributed by atoms with Gasteiger partial charge >= 0.3 is 0 Å². The molecule has 3 rings (SSSR count). The first-order valence-corrected chi connectivity index (χ1v) is 9.04. The molecule has 0 saturated carbocycles. The summed E-state index contributed by atoms with van der Waals surface area (Å²) in [7, 11) is 0. The SMILES string of the molecule is CC(=O)c1cccc(NC(=O)c2cnc(Nc3ccccc3C(C)C)cn2)c1. The van der Waals surface area contributed by atoms with Crippen molar-refractivity contribution in [2.24, 2.45) is 0 Å². The molecule has 2 N–H and O–H groups in total. The van der Waals surface area contributed by atoms with Gasteiger partial charge in [-0.05, 0) is 36.6 Å². The van der Waals surface area contributed by atoms with Gasteiger partial charge in [0.15, 0.2) is 5.78 Å². The van der Waals surface area contributed by atoms with E-state index >= 15 is 0 Å². The molecular formula is C22H22N4O2. The molecule has 0 aliphatic heterocycles. The average molecular weight is 374 g/mol. The summed E-state index contributed by atoms with van der Waals surface area (Å²) >= 11 is 0. The smallest absolute Gasteiger partial charge is 0.275 e. The Bertz CT molecular complexity index is 997. The first kappa shape index (κ1) is 19.2. The van der Waals surface area contributed by atoms with Gasteiger partial charge in [-0.25, -0.2) is 9.97 Å². The third-order valence-electron chi connectivity index (χ3n) is 4.26. The van der Waals surface area contributed by atoms with E-state index in [0.717, 1.165) is 5.69 Å². The number of para-hydroxylation sites is 1. The van der Waals surface area contributed by atoms with Gasteiger partial charge in [-0.15, -0.1) is 0 Å². The lowest BCUT2D eigenvalue weighted by Crippen LogP contribution is -2.14. The molecule has 2 aromatic carbocycles. The summed E-state index contributed by atoms with van der Waals surface area (Å²) in [5.74, 6) is 0.478. The molecule has 0 bridgehead atoms. The van der Waals surface area contributed by atoms with Gasteiger partial charge in [-0.3, -0.25) is 9.59 Å². The number of ketones is 1. The molecular weight excluding hydrogens is 352 g/mol. The molecule has 0 atom stereocenters. The second kappa shape index (κ2) is 8.43. The van der Waals surface area contributed by atoms with E-state index in [1.807, 2.05) is 18.2 Å². The van der Waals surface area contributed by atoms with Crippen molar-refractivity contribution in [2.75, 3.05) is 10.6 Å². The third-order valence-corrected chi connectivity index (χ3v) is 4.26. The molecule has 28 heavy (non-hydrogen) atoms. The van der Waals surface area contributed by atoms with E-state index in [9.17, 15) is 9.59 Å². The van der Waals surface area contributed by atoms with Crippen LogP contribution in [0.3, 0.4) is 0 Å². The molecule has 1 heterocycles. The number of carbonyl (C=O) groups is 2. The van der Waals surface area contributed by atoms with Crippen LogP contribution in [0.5, 0.6) is 0 Å². The lowest BCUT2D eigenvalue weighted by atomic mass is 10.0. The number of amides is 1. The highest BCUT2D eigenvalue weighted by Gasteiger charge is 2.11. The van der Waals surface area contributed by atoms with Crippen LogP contribution in [0.4, 0.5) is 17.2 Å². The number of Topliss-reactive ketones (excluding diaryl/α,β-unsaturated/α-hetero) is 1. The Balaban J connectivity index is 1.71. The number of nitrogens with zero attached hydrogens (tertiary/aromatic N) is 2. The molecule has 0 fully saturated rings. The fourth-order valence-electron chi connectivity index (χ4n) is 2.77. The Hall–Kier alpha value is -3.54. The van der Waals surface area contributed by atoms with E-state index in [-0.39, 0.29) is 17.4 Å². The molecule has 0 unspecified atom stereocenters. The van der Waals surface area contributed by atoms with Crippen LogP contribution in [0, 0.1) is 0 Å². The number of hydrogen-bond acceptors (Lipinski definition) is 5. The van der Waals surface area contributed by atoms with E-state index in [0.29, 0.717) is 23.0 Å². The van der Waals surface area contributed by atoms with Crippen LogP contribution < -0.4 is 10.6 Å². The fourth-order valence-corrected chi connectivity index (χ4v) is 2.77. The quantitative estimate of drug-likeness (QED) is 0.606. The number of aromatic nitrogens is 2. The van der Waals surface area contributed by atoms with E-state index in [2.05, 4.69) is 40.5 Å². The Kier molecular flexibility index (Phi) is 5.79. The first-order chi connectivity index (χ1) is 13.4. The van der Waals surface area contributed by atoms with Crippen LogP contribution in [-0.4, -0.2) is 21.7 Å². The predicted octanol–water partition coefficient (Wildman–Crippen LogP) is 4.80. The zero-order valence-corrected chi connectivity index (χ0v) is 16.1. The molecule has 1 aromatic heterocycles. The highest BCUT2D eigenvalue weighted by molar-refractivity contribution is 6.03. The topological polar surface area (TPSA) is 84.0 Å². The number of hydrogen-bond donors (Lipinski definition) is 2. The van der Waals surface area contributed by atoms with E-state index < -0.39 is 0 Å². The van der Waals surface area contributed by atoms with E-state index in [1.165, 1.54) is 24.9 Å². The van der Waals surface area contributed by atoms with E-state index in [4.69, 9.17) is 0 Å². The van der Waals surface area contributed by atoms with Crippen molar-refractivity contribution in [1.29, 1.82) is 0 Å². The second-order valence-electron chi connectivity index (χ2n) is 6.74. The Morgan fingerprint density at radius 3 is 2.43 bits per heavy atom. The minimum Gasteiger partial charge on any atom is -0.339 e. The highest BCUT2D eigenvalue weighted by Crippen LogP contribution is 2.25. The largest absolute Gasteiger partial charge is 0.339 e. The summed E-state index contributed by atoms with van der Waals surface area (Å²) in [6.07, 6.45) is 2.95. The number of benzene rings is 2. The summed E-state index contributed by atoms with van der Waals surface area (Å²) in [6, 6.07) is 14.8. The highest BCUT2D eigenvalue weighted by atomic mass is 16.2. The molecule has 0 aliphatic carbocycles. The monoisotopic (exact) mass is 374 g/mol. The van der Waals surface area contributed by atoms with Gasteiger partial charge in [0, 0.05) is 16.9 Å². The molecule has 0 aliphatic rings. The fraction of sp³-hybridized carbons (Fsp3) is 0.182. The van der Waals surface area contributed by atoms with Crippen molar-refractivity contribution in [2.45, 2.75) is 26.7 Å². The van der Waals surface area contributed by atoms with Gasteiger partial charge in [0.1, 0.15) is 11.5 Å². The molecule has 0 spiro atoms. The molecule has 0 saturated heterocycles. The maximum Gasteiger partial charge on any atom is 0.275 e. The number of anilines is 3. The summed E-state index contributed by atoms with van der Waals surface area (Å²) in [5, 5.41) is 5.98.